The smallest absolute Gasteiger partial charge is 0.129 e. The molecule has 0 saturated carbocycles. The van der Waals surface area contributed by atoms with E-state index < -0.39 is 8.07 Å². The van der Waals surface area contributed by atoms with Gasteiger partial charge >= 0.3 is 0 Å². The Balaban J connectivity index is 3.98. The van der Waals surface area contributed by atoms with Crippen LogP contribution in [-0.2, 0) is 0 Å². The summed E-state index contributed by atoms with van der Waals surface area (Å²) in [4.78, 5) is 0. The van der Waals surface area contributed by atoms with E-state index in [-0.39, 0.29) is 6.61 Å². The highest BCUT2D eigenvalue weighted by Crippen LogP contribution is 1.99. The van der Waals surface area contributed by atoms with Crippen LogP contribution < -0.4 is 0 Å². The van der Waals surface area contributed by atoms with Gasteiger partial charge in [0.1, 0.15) is 8.07 Å². The molecule has 0 unspecified atom stereocenters. The molecule has 0 bridgehead atoms. The Kier molecular flexibility index (Phi) is 4.17. The molecule has 0 saturated heterocycles. The maximum Gasteiger partial charge on any atom is 0.129 e. The first-order valence-corrected chi connectivity index (χ1v) is 7.27. The summed E-state index contributed by atoms with van der Waals surface area (Å²) in [5.74, 6) is 2.98. The second-order valence-corrected chi connectivity index (χ2v) is 8.33. The van der Waals surface area contributed by atoms with Crippen molar-refractivity contribution < 1.29 is 5.11 Å². The van der Waals surface area contributed by atoms with Crippen molar-refractivity contribution in [1.29, 1.82) is 0 Å². The molecule has 0 amide bonds. The first kappa shape index (κ1) is 10.5. The highest BCUT2D eigenvalue weighted by atomic mass is 28.3. The largest absolute Gasteiger partial charge is 0.396 e. The Hall–Kier alpha value is -0.523. The molecule has 0 aromatic heterocycles. The first-order chi connectivity index (χ1) is 4.95. The average molecular weight is 168 g/mol. The Bertz CT molecular complexity index is 190. The molecule has 0 fully saturated rings. The average Bonchev–Trinajstić information content (AvgIpc) is 1.83. The van der Waals surface area contributed by atoms with Gasteiger partial charge in [-0.25, -0.2) is 0 Å². The van der Waals surface area contributed by atoms with E-state index >= 15 is 0 Å². The van der Waals surface area contributed by atoms with Gasteiger partial charge in [0, 0.05) is 13.0 Å². The van der Waals surface area contributed by atoms with E-state index in [1.807, 2.05) is 0 Å². The lowest BCUT2D eigenvalue weighted by molar-refractivity contribution is 0.301. The van der Waals surface area contributed by atoms with E-state index in [1.165, 1.54) is 0 Å². The molecule has 0 atom stereocenters. The molecule has 0 aliphatic rings. The third-order valence-corrected chi connectivity index (χ3v) is 1.90. The quantitative estimate of drug-likeness (QED) is 0.492. The molecule has 0 spiro atoms. The van der Waals surface area contributed by atoms with Crippen LogP contribution in [-0.4, -0.2) is 19.8 Å². The summed E-state index contributed by atoms with van der Waals surface area (Å²) in [7, 11) is -1.25. The third kappa shape index (κ3) is 7.37. The number of aliphatic hydroxyl groups excluding tert-OH is 1. The monoisotopic (exact) mass is 168 g/mol. The molecule has 0 aromatic carbocycles. The molecule has 0 aromatic rings. The fourth-order valence-corrected chi connectivity index (χ4v) is 1.03. The zero-order valence-electron chi connectivity index (χ0n) is 7.57. The van der Waals surface area contributed by atoms with Gasteiger partial charge in [-0.1, -0.05) is 32.1 Å². The van der Waals surface area contributed by atoms with Crippen LogP contribution in [0, 0.1) is 11.5 Å². The van der Waals surface area contributed by atoms with E-state index in [0.29, 0.717) is 6.42 Å². The summed E-state index contributed by atoms with van der Waals surface area (Å²) in [6, 6.07) is 0. The molecule has 62 valence electrons. The molecule has 1 N–H and O–H groups in total. The van der Waals surface area contributed by atoms with E-state index in [9.17, 15) is 0 Å². The minimum absolute atomic E-state index is 0.152. The molecule has 0 radical (unpaired) electrons. The van der Waals surface area contributed by atoms with Crippen molar-refractivity contribution in [2.24, 2.45) is 0 Å². The second-order valence-electron chi connectivity index (χ2n) is 3.58. The molecule has 2 heteroatoms. The topological polar surface area (TPSA) is 20.2 Å². The van der Waals surface area contributed by atoms with Crippen molar-refractivity contribution in [1.82, 2.24) is 0 Å². The summed E-state index contributed by atoms with van der Waals surface area (Å²) < 4.78 is 0. The summed E-state index contributed by atoms with van der Waals surface area (Å²) in [6.45, 7) is 10.4. The maximum absolute atomic E-state index is 8.55. The van der Waals surface area contributed by atoms with Crippen molar-refractivity contribution in [2.45, 2.75) is 26.1 Å². The summed E-state index contributed by atoms with van der Waals surface area (Å²) in [5, 5.41) is 8.55. The van der Waals surface area contributed by atoms with Crippen LogP contribution in [0.5, 0.6) is 0 Å². The molecular weight excluding hydrogens is 152 g/mol. The van der Waals surface area contributed by atoms with E-state index in [4.69, 9.17) is 5.11 Å². The van der Waals surface area contributed by atoms with Crippen LogP contribution in [0.2, 0.25) is 19.6 Å². The predicted octanol–water partition coefficient (Wildman–Crippen LogP) is 1.81. The van der Waals surface area contributed by atoms with E-state index in [0.717, 1.165) is 5.57 Å². The van der Waals surface area contributed by atoms with Gasteiger partial charge < -0.3 is 5.11 Å². The van der Waals surface area contributed by atoms with Crippen LogP contribution >= 0.6 is 0 Å². The molecule has 11 heavy (non-hydrogen) atoms. The molecule has 0 aliphatic heterocycles. The normalized spacial score (nSPS) is 10.2. The first-order valence-electron chi connectivity index (χ1n) is 3.77. The minimum atomic E-state index is -1.25. The van der Waals surface area contributed by atoms with Gasteiger partial charge in [0.05, 0.1) is 0 Å². The van der Waals surface area contributed by atoms with Gasteiger partial charge in [-0.15, -0.1) is 5.54 Å². The summed E-state index contributed by atoms with van der Waals surface area (Å²) in [6.07, 6.45) is 0.609. The van der Waals surface area contributed by atoms with E-state index in [2.05, 4.69) is 37.7 Å². The van der Waals surface area contributed by atoms with E-state index in [1.54, 1.807) is 0 Å². The van der Waals surface area contributed by atoms with Gasteiger partial charge in [0.15, 0.2) is 0 Å². The number of hydrogen-bond donors (Lipinski definition) is 1. The standard InChI is InChI=1S/C9H16OSi/c1-9(5-7-10)6-8-11(2,3)4/h10H,1,5,7H2,2-4H3. The Morgan fingerprint density at radius 2 is 2.00 bits per heavy atom. The van der Waals surface area contributed by atoms with Gasteiger partial charge in [-0.05, 0) is 5.57 Å². The van der Waals surface area contributed by atoms with Crippen molar-refractivity contribution in [2.75, 3.05) is 6.61 Å². The third-order valence-electron chi connectivity index (χ3n) is 1.03. The lowest BCUT2D eigenvalue weighted by Crippen LogP contribution is -2.16. The SMILES string of the molecule is C=C(C#C[Si](C)(C)C)CCO. The highest BCUT2D eigenvalue weighted by molar-refractivity contribution is 6.83. The Morgan fingerprint density at radius 3 is 2.36 bits per heavy atom. The van der Waals surface area contributed by atoms with Crippen LogP contribution in [0.25, 0.3) is 0 Å². The van der Waals surface area contributed by atoms with Crippen LogP contribution in [0.1, 0.15) is 6.42 Å². The Labute approximate surface area is 70.1 Å². The minimum Gasteiger partial charge on any atom is -0.396 e. The fraction of sp³-hybridized carbons (Fsp3) is 0.556. The molecule has 0 rings (SSSR count). The lowest BCUT2D eigenvalue weighted by atomic mass is 10.2. The number of aliphatic hydroxyl groups is 1. The van der Waals surface area contributed by atoms with Crippen molar-refractivity contribution in [3.63, 3.8) is 0 Å². The molecular formula is C9H16OSi. The van der Waals surface area contributed by atoms with Crippen LogP contribution in [0.15, 0.2) is 12.2 Å². The zero-order valence-corrected chi connectivity index (χ0v) is 8.57. The zero-order chi connectivity index (χ0) is 8.91. The predicted molar refractivity (Wildman–Crippen MR) is 52.0 cm³/mol. The molecule has 0 aliphatic carbocycles. The summed E-state index contributed by atoms with van der Waals surface area (Å²) in [5.41, 5.74) is 4.03. The van der Waals surface area contributed by atoms with Crippen molar-refractivity contribution in [3.8, 4) is 11.5 Å². The highest BCUT2D eigenvalue weighted by Gasteiger charge is 2.07. The second kappa shape index (κ2) is 4.37. The lowest BCUT2D eigenvalue weighted by Gasteiger charge is -2.03. The fourth-order valence-electron chi connectivity index (χ4n) is 0.473. The summed E-state index contributed by atoms with van der Waals surface area (Å²) >= 11 is 0. The van der Waals surface area contributed by atoms with Crippen LogP contribution in [0.3, 0.4) is 0 Å². The van der Waals surface area contributed by atoms with Crippen molar-refractivity contribution >= 4 is 8.07 Å². The van der Waals surface area contributed by atoms with Gasteiger partial charge in [-0.3, -0.25) is 0 Å². The van der Waals surface area contributed by atoms with Crippen LogP contribution in [0.4, 0.5) is 0 Å². The molecule has 1 nitrogen and oxygen atoms in total. The maximum atomic E-state index is 8.55. The molecule has 0 heterocycles. The van der Waals surface area contributed by atoms with Gasteiger partial charge in [0.2, 0.25) is 0 Å². The van der Waals surface area contributed by atoms with Gasteiger partial charge in [-0.2, -0.15) is 0 Å². The van der Waals surface area contributed by atoms with Crippen molar-refractivity contribution in [3.05, 3.63) is 12.2 Å². The number of hydrogen-bond acceptors (Lipinski definition) is 1. The van der Waals surface area contributed by atoms with Gasteiger partial charge in [0.25, 0.3) is 0 Å². The number of rotatable bonds is 2. The Morgan fingerprint density at radius 1 is 1.45 bits per heavy atom.